The van der Waals surface area contributed by atoms with Crippen molar-refractivity contribution >= 4 is 66.8 Å². The molecule has 1 aromatic carbocycles. The van der Waals surface area contributed by atoms with Crippen LogP contribution in [0.5, 0.6) is 0 Å². The zero-order chi connectivity index (χ0) is 16.1. The lowest BCUT2D eigenvalue weighted by Crippen LogP contribution is -2.12. The molecule has 0 unspecified atom stereocenters. The number of benzene rings is 1. The maximum absolute atomic E-state index is 12.8. The third-order valence-electron chi connectivity index (χ3n) is 3.07. The summed E-state index contributed by atoms with van der Waals surface area (Å²) < 4.78 is 27.3. The van der Waals surface area contributed by atoms with Gasteiger partial charge in [-0.1, -0.05) is 29.3 Å². The Morgan fingerprint density at radius 3 is 2.41 bits per heavy atom. The molecule has 0 spiro atoms. The predicted molar refractivity (Wildman–Crippen MR) is 94.0 cm³/mol. The molecule has 2 aromatic heterocycles. The first-order valence-electron chi connectivity index (χ1n) is 6.02. The van der Waals surface area contributed by atoms with E-state index in [1.165, 1.54) is 6.20 Å². The molecule has 3 rings (SSSR count). The van der Waals surface area contributed by atoms with Crippen LogP contribution in [0.15, 0.2) is 35.4 Å². The third-order valence-corrected chi connectivity index (χ3v) is 6.00. The van der Waals surface area contributed by atoms with Gasteiger partial charge in [0.2, 0.25) is 5.28 Å². The van der Waals surface area contributed by atoms with Gasteiger partial charge in [-0.25, -0.2) is 17.4 Å². The highest BCUT2D eigenvalue weighted by Crippen LogP contribution is 2.31. The molecule has 0 saturated carbocycles. The Kier molecular flexibility index (Phi) is 4.09. The predicted octanol–water partition coefficient (Wildman–Crippen LogP) is 3.89. The maximum atomic E-state index is 12.8. The summed E-state index contributed by atoms with van der Waals surface area (Å²) in [4.78, 5) is 8.03. The normalized spacial score (nSPS) is 12.0. The van der Waals surface area contributed by atoms with E-state index in [4.69, 9.17) is 23.2 Å². The average molecular weight is 468 g/mol. The van der Waals surface area contributed by atoms with Crippen molar-refractivity contribution in [1.29, 1.82) is 0 Å². The van der Waals surface area contributed by atoms with E-state index in [9.17, 15) is 8.42 Å². The smallest absolute Gasteiger partial charge is 0.223 e. The zero-order valence-corrected chi connectivity index (χ0v) is 15.6. The zero-order valence-electron chi connectivity index (χ0n) is 11.1. The van der Waals surface area contributed by atoms with Crippen LogP contribution in [0.25, 0.3) is 11.0 Å². The summed E-state index contributed by atoms with van der Waals surface area (Å²) in [6.07, 6.45) is 1.46. The van der Waals surface area contributed by atoms with E-state index in [0.29, 0.717) is 8.96 Å². The minimum absolute atomic E-state index is 0.104. The molecular formula is C13H8Cl2IN3O2S. The summed E-state index contributed by atoms with van der Waals surface area (Å²) in [5.41, 5.74) is 1.13. The van der Waals surface area contributed by atoms with Crippen LogP contribution >= 0.6 is 45.8 Å². The summed E-state index contributed by atoms with van der Waals surface area (Å²) in [5, 5.41) is 0.479. The van der Waals surface area contributed by atoms with Gasteiger partial charge >= 0.3 is 0 Å². The van der Waals surface area contributed by atoms with Gasteiger partial charge in [0.05, 0.1) is 10.3 Å². The Morgan fingerprint density at radius 1 is 1.14 bits per heavy atom. The quantitative estimate of drug-likeness (QED) is 0.326. The average Bonchev–Trinajstić information content (AvgIpc) is 2.77. The summed E-state index contributed by atoms with van der Waals surface area (Å²) in [5.74, 6) is 0. The second-order valence-corrected chi connectivity index (χ2v) is 8.25. The van der Waals surface area contributed by atoms with Gasteiger partial charge in [0.1, 0.15) is 5.15 Å². The van der Waals surface area contributed by atoms with Crippen molar-refractivity contribution in [2.75, 3.05) is 0 Å². The van der Waals surface area contributed by atoms with E-state index < -0.39 is 10.0 Å². The highest BCUT2D eigenvalue weighted by molar-refractivity contribution is 14.1. The van der Waals surface area contributed by atoms with Crippen LogP contribution in [0.1, 0.15) is 5.56 Å². The Morgan fingerprint density at radius 2 is 1.77 bits per heavy atom. The second kappa shape index (κ2) is 5.63. The number of hydrogen-bond acceptors (Lipinski definition) is 4. The van der Waals surface area contributed by atoms with Crippen LogP contribution in [-0.2, 0) is 10.0 Å². The van der Waals surface area contributed by atoms with Crippen molar-refractivity contribution in [3.63, 3.8) is 0 Å². The van der Waals surface area contributed by atoms with Gasteiger partial charge in [0, 0.05) is 9.77 Å². The third kappa shape index (κ3) is 2.60. The standard InChI is InChI=1S/C13H8Cl2IN3O2S/c1-7-2-4-8(5-3-7)22(20,21)19-6-9(16)10-11(14)17-13(15)18-12(10)19/h2-6H,1H3. The van der Waals surface area contributed by atoms with Gasteiger partial charge in [-0.3, -0.25) is 0 Å². The number of fused-ring (bicyclic) bond motifs is 1. The Labute approximate surface area is 150 Å². The Hall–Kier alpha value is -0.900. The van der Waals surface area contributed by atoms with Crippen LogP contribution in [0.2, 0.25) is 10.4 Å². The van der Waals surface area contributed by atoms with E-state index in [1.54, 1.807) is 24.3 Å². The molecule has 0 fully saturated rings. The van der Waals surface area contributed by atoms with E-state index in [1.807, 2.05) is 29.5 Å². The molecule has 114 valence electrons. The first-order chi connectivity index (χ1) is 10.3. The summed E-state index contributed by atoms with van der Waals surface area (Å²) in [6.45, 7) is 1.89. The number of aryl methyl sites for hydroxylation is 1. The van der Waals surface area contributed by atoms with Gasteiger partial charge in [-0.15, -0.1) is 0 Å². The van der Waals surface area contributed by atoms with Gasteiger partial charge in [-0.2, -0.15) is 4.98 Å². The topological polar surface area (TPSA) is 64.8 Å². The molecule has 2 heterocycles. The Bertz CT molecular complexity index is 985. The molecule has 0 saturated heterocycles. The lowest BCUT2D eigenvalue weighted by molar-refractivity contribution is 0.588. The monoisotopic (exact) mass is 467 g/mol. The largest absolute Gasteiger partial charge is 0.269 e. The number of aromatic nitrogens is 3. The summed E-state index contributed by atoms with van der Waals surface area (Å²) in [6, 6.07) is 6.57. The van der Waals surface area contributed by atoms with Crippen LogP contribution in [-0.4, -0.2) is 22.4 Å². The lowest BCUT2D eigenvalue weighted by Gasteiger charge is -2.07. The number of rotatable bonds is 2. The van der Waals surface area contributed by atoms with Crippen molar-refractivity contribution in [1.82, 2.24) is 13.9 Å². The molecule has 0 radical (unpaired) electrons. The van der Waals surface area contributed by atoms with Gasteiger partial charge in [-0.05, 0) is 53.2 Å². The van der Waals surface area contributed by atoms with Gasteiger partial charge in [0.25, 0.3) is 10.0 Å². The minimum atomic E-state index is -3.79. The molecule has 0 atom stereocenters. The van der Waals surface area contributed by atoms with Crippen LogP contribution in [0.4, 0.5) is 0 Å². The van der Waals surface area contributed by atoms with E-state index in [-0.39, 0.29) is 21.0 Å². The maximum Gasteiger partial charge on any atom is 0.269 e. The minimum Gasteiger partial charge on any atom is -0.223 e. The fraction of sp³-hybridized carbons (Fsp3) is 0.0769. The lowest BCUT2D eigenvalue weighted by atomic mass is 10.2. The molecule has 22 heavy (non-hydrogen) atoms. The highest BCUT2D eigenvalue weighted by Gasteiger charge is 2.23. The first-order valence-corrected chi connectivity index (χ1v) is 9.30. The molecule has 9 heteroatoms. The molecular weight excluding hydrogens is 460 g/mol. The molecule has 3 aromatic rings. The van der Waals surface area contributed by atoms with Crippen molar-refractivity contribution in [3.8, 4) is 0 Å². The highest BCUT2D eigenvalue weighted by atomic mass is 127. The van der Waals surface area contributed by atoms with E-state index in [2.05, 4.69) is 9.97 Å². The van der Waals surface area contributed by atoms with Gasteiger partial charge < -0.3 is 0 Å². The summed E-state index contributed by atoms with van der Waals surface area (Å²) in [7, 11) is -3.79. The molecule has 5 nitrogen and oxygen atoms in total. The number of hydrogen-bond donors (Lipinski definition) is 0. The fourth-order valence-electron chi connectivity index (χ4n) is 2.00. The molecule has 0 bridgehead atoms. The van der Waals surface area contributed by atoms with Crippen LogP contribution in [0.3, 0.4) is 0 Å². The van der Waals surface area contributed by atoms with E-state index in [0.717, 1.165) is 9.54 Å². The number of nitrogens with zero attached hydrogens (tertiary/aromatic N) is 3. The van der Waals surface area contributed by atoms with Crippen LogP contribution in [0, 0.1) is 10.5 Å². The van der Waals surface area contributed by atoms with Crippen molar-refractivity contribution in [2.24, 2.45) is 0 Å². The molecule has 0 aliphatic carbocycles. The van der Waals surface area contributed by atoms with Crippen LogP contribution < -0.4 is 0 Å². The van der Waals surface area contributed by atoms with Gasteiger partial charge in [0.15, 0.2) is 5.65 Å². The second-order valence-electron chi connectivity index (χ2n) is 4.57. The molecule has 0 amide bonds. The first kappa shape index (κ1) is 16.0. The molecule has 0 aliphatic heterocycles. The Balaban J connectivity index is 2.32. The van der Waals surface area contributed by atoms with E-state index >= 15 is 0 Å². The van der Waals surface area contributed by atoms with Crippen molar-refractivity contribution in [3.05, 3.63) is 50.0 Å². The number of halogens is 3. The SMILES string of the molecule is Cc1ccc(S(=O)(=O)n2cc(I)c3c(Cl)nc(Cl)nc32)cc1. The van der Waals surface area contributed by atoms with Crippen molar-refractivity contribution < 1.29 is 8.42 Å². The fourth-order valence-corrected chi connectivity index (χ4v) is 4.91. The molecule has 0 N–H and O–H groups in total. The summed E-state index contributed by atoms with van der Waals surface area (Å²) >= 11 is 13.8. The molecule has 0 aliphatic rings. The van der Waals surface area contributed by atoms with Crippen molar-refractivity contribution in [2.45, 2.75) is 11.8 Å².